The molecule has 2 aromatic rings. The van der Waals surface area contributed by atoms with E-state index in [1.54, 1.807) is 0 Å². The molecule has 3 heterocycles. The maximum absolute atomic E-state index is 12.1. The lowest BCUT2D eigenvalue weighted by Crippen LogP contribution is -2.41. The largest absolute Gasteiger partial charge is 0.480 e. The maximum Gasteiger partial charge on any atom is 0.326 e. The van der Waals surface area contributed by atoms with Crippen molar-refractivity contribution in [1.29, 1.82) is 0 Å². The topological polar surface area (TPSA) is 74.9 Å². The summed E-state index contributed by atoms with van der Waals surface area (Å²) in [5.74, 6) is -1.08. The van der Waals surface area contributed by atoms with Crippen molar-refractivity contribution in [2.24, 2.45) is 0 Å². The van der Waals surface area contributed by atoms with Gasteiger partial charge >= 0.3 is 5.97 Å². The van der Waals surface area contributed by atoms with Crippen LogP contribution in [-0.4, -0.2) is 43.9 Å². The van der Waals surface area contributed by atoms with E-state index in [-0.39, 0.29) is 12.3 Å². The molecule has 1 fully saturated rings. The Bertz CT molecular complexity index is 604. The smallest absolute Gasteiger partial charge is 0.326 e. The van der Waals surface area contributed by atoms with Crippen molar-refractivity contribution in [3.8, 4) is 0 Å². The zero-order chi connectivity index (χ0) is 13.4. The number of carbonyl (C=O) groups is 2. The second-order valence-electron chi connectivity index (χ2n) is 4.59. The molecule has 0 saturated carbocycles. The molecule has 1 N–H and O–H groups in total. The number of aromatic nitrogens is 2. The number of thiazole rings is 1. The second-order valence-corrected chi connectivity index (χ2v) is 5.46. The molecule has 100 valence electrons. The first kappa shape index (κ1) is 12.2. The average Bonchev–Trinajstić information content (AvgIpc) is 3.01. The fourth-order valence-corrected chi connectivity index (χ4v) is 3.16. The first-order valence-corrected chi connectivity index (χ1v) is 6.96. The van der Waals surface area contributed by atoms with Crippen molar-refractivity contribution >= 4 is 28.2 Å². The van der Waals surface area contributed by atoms with E-state index in [9.17, 15) is 9.59 Å². The highest BCUT2D eigenvalue weighted by Gasteiger charge is 2.33. The summed E-state index contributed by atoms with van der Waals surface area (Å²) >= 11 is 1.51. The summed E-state index contributed by atoms with van der Waals surface area (Å²) < 4.78 is 1.87. The molecule has 1 atom stereocenters. The molecule has 0 radical (unpaired) electrons. The summed E-state index contributed by atoms with van der Waals surface area (Å²) in [6.45, 7) is 0.526. The number of carbonyl (C=O) groups excluding carboxylic acids is 1. The van der Waals surface area contributed by atoms with E-state index in [0.717, 1.165) is 11.4 Å². The first-order chi connectivity index (χ1) is 9.15. The molecule has 6 nitrogen and oxygen atoms in total. The van der Waals surface area contributed by atoms with Crippen molar-refractivity contribution in [1.82, 2.24) is 14.3 Å². The molecule has 1 amide bonds. The van der Waals surface area contributed by atoms with Gasteiger partial charge in [-0.15, -0.1) is 11.3 Å². The molecule has 1 aliphatic heterocycles. The number of carboxylic acids is 1. The number of rotatable bonds is 3. The van der Waals surface area contributed by atoms with E-state index in [0.29, 0.717) is 18.7 Å². The molecule has 1 aliphatic rings. The zero-order valence-electron chi connectivity index (χ0n) is 10.2. The van der Waals surface area contributed by atoms with Gasteiger partial charge in [-0.2, -0.15) is 0 Å². The predicted molar refractivity (Wildman–Crippen MR) is 69.1 cm³/mol. The standard InChI is InChI=1S/C12H13N3O3S/c16-10(15-3-1-2-9(15)11(17)18)6-8-7-14-4-5-19-12(14)13-8/h4-5,7,9H,1-3,6H2,(H,17,18). The molecular formula is C12H13N3O3S. The van der Waals surface area contributed by atoms with Crippen LogP contribution < -0.4 is 0 Å². The van der Waals surface area contributed by atoms with Gasteiger partial charge in [0.2, 0.25) is 5.91 Å². The minimum atomic E-state index is -0.920. The quantitative estimate of drug-likeness (QED) is 0.910. The van der Waals surface area contributed by atoms with Gasteiger partial charge in [-0.05, 0) is 12.8 Å². The number of amides is 1. The number of likely N-dealkylation sites (tertiary alicyclic amines) is 1. The summed E-state index contributed by atoms with van der Waals surface area (Å²) in [5, 5.41) is 11.0. The van der Waals surface area contributed by atoms with Gasteiger partial charge in [0.25, 0.3) is 0 Å². The highest BCUT2D eigenvalue weighted by Crippen LogP contribution is 2.19. The van der Waals surface area contributed by atoms with Crippen molar-refractivity contribution in [3.63, 3.8) is 0 Å². The molecule has 0 spiro atoms. The molecule has 0 aliphatic carbocycles. The lowest BCUT2D eigenvalue weighted by Gasteiger charge is -2.20. The normalized spacial score (nSPS) is 19.2. The Morgan fingerprint density at radius 1 is 1.53 bits per heavy atom. The van der Waals surface area contributed by atoms with Gasteiger partial charge in [0.1, 0.15) is 6.04 Å². The number of fused-ring (bicyclic) bond motifs is 1. The molecule has 7 heteroatoms. The van der Waals surface area contributed by atoms with E-state index < -0.39 is 12.0 Å². The van der Waals surface area contributed by atoms with Crippen molar-refractivity contribution in [2.75, 3.05) is 6.54 Å². The highest BCUT2D eigenvalue weighted by atomic mass is 32.1. The molecule has 0 aromatic carbocycles. The fraction of sp³-hybridized carbons (Fsp3) is 0.417. The first-order valence-electron chi connectivity index (χ1n) is 6.08. The van der Waals surface area contributed by atoms with Crippen LogP contribution in [0.2, 0.25) is 0 Å². The Kier molecular flexibility index (Phi) is 2.98. The predicted octanol–water partition coefficient (Wildman–Crippen LogP) is 1.01. The third-order valence-corrected chi connectivity index (χ3v) is 4.10. The van der Waals surface area contributed by atoms with Crippen molar-refractivity contribution < 1.29 is 14.7 Å². The van der Waals surface area contributed by atoms with Gasteiger partial charge in [-0.25, -0.2) is 9.78 Å². The summed E-state index contributed by atoms with van der Waals surface area (Å²) in [6, 6.07) is -0.670. The van der Waals surface area contributed by atoms with E-state index >= 15 is 0 Å². The zero-order valence-corrected chi connectivity index (χ0v) is 11.0. The van der Waals surface area contributed by atoms with Gasteiger partial charge < -0.3 is 10.0 Å². The number of imidazole rings is 1. The van der Waals surface area contributed by atoms with Gasteiger partial charge in [-0.1, -0.05) is 0 Å². The van der Waals surface area contributed by atoms with Crippen LogP contribution in [0.1, 0.15) is 18.5 Å². The van der Waals surface area contributed by atoms with Crippen LogP contribution >= 0.6 is 11.3 Å². The van der Waals surface area contributed by atoms with Crippen LogP contribution in [-0.2, 0) is 16.0 Å². The van der Waals surface area contributed by atoms with Crippen LogP contribution in [0.25, 0.3) is 4.96 Å². The monoisotopic (exact) mass is 279 g/mol. The minimum absolute atomic E-state index is 0.157. The molecule has 2 aromatic heterocycles. The Morgan fingerprint density at radius 3 is 3.11 bits per heavy atom. The van der Waals surface area contributed by atoms with Gasteiger partial charge in [0.15, 0.2) is 4.96 Å². The number of carboxylic acid groups (broad SMARTS) is 1. The van der Waals surface area contributed by atoms with Crippen LogP contribution in [0.3, 0.4) is 0 Å². The Hall–Kier alpha value is -1.89. The fourth-order valence-electron chi connectivity index (χ4n) is 2.44. The molecule has 1 unspecified atom stereocenters. The maximum atomic E-state index is 12.1. The number of hydrogen-bond donors (Lipinski definition) is 1. The minimum Gasteiger partial charge on any atom is -0.480 e. The van der Waals surface area contributed by atoms with Crippen LogP contribution in [0.5, 0.6) is 0 Å². The van der Waals surface area contributed by atoms with E-state index in [1.807, 2.05) is 22.2 Å². The van der Waals surface area contributed by atoms with Crippen molar-refractivity contribution in [3.05, 3.63) is 23.5 Å². The molecule has 0 bridgehead atoms. The highest BCUT2D eigenvalue weighted by molar-refractivity contribution is 7.15. The van der Waals surface area contributed by atoms with E-state index in [1.165, 1.54) is 16.2 Å². The van der Waals surface area contributed by atoms with E-state index in [4.69, 9.17) is 5.11 Å². The summed E-state index contributed by atoms with van der Waals surface area (Å²) in [4.78, 5) is 29.8. The third-order valence-electron chi connectivity index (χ3n) is 3.33. The number of hydrogen-bond acceptors (Lipinski definition) is 4. The van der Waals surface area contributed by atoms with E-state index in [2.05, 4.69) is 4.98 Å². The Morgan fingerprint density at radius 2 is 2.37 bits per heavy atom. The SMILES string of the molecule is O=C(O)C1CCCN1C(=O)Cc1cn2ccsc2n1. The molecule has 1 saturated heterocycles. The Labute approximate surface area is 113 Å². The summed E-state index contributed by atoms with van der Waals surface area (Å²) in [5.41, 5.74) is 0.688. The number of aliphatic carboxylic acids is 1. The van der Waals surface area contributed by atoms with Crippen LogP contribution in [0.15, 0.2) is 17.8 Å². The summed E-state index contributed by atoms with van der Waals surface area (Å²) in [6.07, 6.45) is 5.16. The lowest BCUT2D eigenvalue weighted by molar-refractivity contribution is -0.148. The molecular weight excluding hydrogens is 266 g/mol. The third kappa shape index (κ3) is 2.21. The molecule has 19 heavy (non-hydrogen) atoms. The second kappa shape index (κ2) is 4.65. The molecule has 3 rings (SSSR count). The van der Waals surface area contributed by atoms with Gasteiger partial charge in [-0.3, -0.25) is 9.20 Å². The average molecular weight is 279 g/mol. The van der Waals surface area contributed by atoms with Gasteiger partial charge in [0, 0.05) is 24.3 Å². The summed E-state index contributed by atoms with van der Waals surface area (Å²) in [7, 11) is 0. The van der Waals surface area contributed by atoms with Crippen LogP contribution in [0.4, 0.5) is 0 Å². The Balaban J connectivity index is 1.74. The van der Waals surface area contributed by atoms with Gasteiger partial charge in [0.05, 0.1) is 12.1 Å². The number of nitrogens with zero attached hydrogens (tertiary/aromatic N) is 3. The lowest BCUT2D eigenvalue weighted by atomic mass is 10.2. The van der Waals surface area contributed by atoms with Crippen molar-refractivity contribution in [2.45, 2.75) is 25.3 Å². The van der Waals surface area contributed by atoms with Crippen LogP contribution in [0, 0.1) is 0 Å².